The number of halogens is 2. The van der Waals surface area contributed by atoms with E-state index < -0.39 is 5.91 Å². The zero-order valence-electron chi connectivity index (χ0n) is 12.9. The third-order valence-electron chi connectivity index (χ3n) is 3.21. The second-order valence-electron chi connectivity index (χ2n) is 5.06. The summed E-state index contributed by atoms with van der Waals surface area (Å²) in [7, 11) is 0. The number of carbonyl (C=O) groups excluding carboxylic acids is 2. The molecule has 0 aromatic heterocycles. The van der Waals surface area contributed by atoms with Crippen molar-refractivity contribution >= 4 is 39.3 Å². The highest BCUT2D eigenvalue weighted by Crippen LogP contribution is 2.27. The van der Waals surface area contributed by atoms with E-state index in [1.807, 2.05) is 31.2 Å². The number of benzene rings is 2. The van der Waals surface area contributed by atoms with Crippen molar-refractivity contribution in [3.05, 3.63) is 63.1 Å². The fourth-order valence-electron chi connectivity index (χ4n) is 1.94. The molecule has 2 aromatic rings. The molecular weight excluding hydrogens is 396 g/mol. The van der Waals surface area contributed by atoms with Gasteiger partial charge in [-0.3, -0.25) is 20.4 Å². The van der Waals surface area contributed by atoms with Gasteiger partial charge < -0.3 is 4.74 Å². The largest absolute Gasteiger partial charge is 0.483 e. The predicted octanol–water partition coefficient (Wildman–Crippen LogP) is 3.18. The van der Waals surface area contributed by atoms with Gasteiger partial charge in [0.1, 0.15) is 5.75 Å². The van der Waals surface area contributed by atoms with E-state index in [4.69, 9.17) is 16.3 Å². The summed E-state index contributed by atoms with van der Waals surface area (Å²) in [6, 6.07) is 12.5. The minimum absolute atomic E-state index is 0.191. The van der Waals surface area contributed by atoms with Crippen LogP contribution in [0.5, 0.6) is 5.75 Å². The van der Waals surface area contributed by atoms with Crippen LogP contribution in [0.1, 0.15) is 11.1 Å². The Morgan fingerprint density at radius 2 is 1.83 bits per heavy atom. The van der Waals surface area contributed by atoms with Gasteiger partial charge in [-0.05, 0) is 52.2 Å². The maximum Gasteiger partial charge on any atom is 0.276 e. The van der Waals surface area contributed by atoms with Crippen LogP contribution < -0.4 is 15.6 Å². The van der Waals surface area contributed by atoms with Crippen LogP contribution in [0, 0.1) is 6.92 Å². The highest BCUT2D eigenvalue weighted by Gasteiger charge is 2.09. The van der Waals surface area contributed by atoms with Gasteiger partial charge in [-0.2, -0.15) is 0 Å². The van der Waals surface area contributed by atoms with Crippen LogP contribution in [-0.4, -0.2) is 18.4 Å². The zero-order valence-corrected chi connectivity index (χ0v) is 15.3. The van der Waals surface area contributed by atoms with E-state index in [1.54, 1.807) is 18.2 Å². The molecule has 126 valence electrons. The van der Waals surface area contributed by atoms with Gasteiger partial charge in [0, 0.05) is 5.02 Å². The molecule has 2 rings (SSSR count). The molecule has 0 fully saturated rings. The summed E-state index contributed by atoms with van der Waals surface area (Å²) in [5.74, 6) is -0.277. The molecule has 0 bridgehead atoms. The third-order valence-corrected chi connectivity index (χ3v) is 4.06. The normalized spacial score (nSPS) is 10.1. The van der Waals surface area contributed by atoms with Gasteiger partial charge in [-0.15, -0.1) is 0 Å². The molecule has 0 aliphatic heterocycles. The van der Waals surface area contributed by atoms with E-state index in [9.17, 15) is 9.59 Å². The van der Waals surface area contributed by atoms with Crippen LogP contribution in [0.3, 0.4) is 0 Å². The van der Waals surface area contributed by atoms with Crippen molar-refractivity contribution < 1.29 is 14.3 Å². The van der Waals surface area contributed by atoms with Gasteiger partial charge in [0.15, 0.2) is 6.61 Å². The summed E-state index contributed by atoms with van der Waals surface area (Å²) >= 11 is 9.12. The minimum atomic E-state index is -0.463. The van der Waals surface area contributed by atoms with E-state index in [-0.39, 0.29) is 18.9 Å². The second kappa shape index (κ2) is 8.70. The molecule has 24 heavy (non-hydrogen) atoms. The summed E-state index contributed by atoms with van der Waals surface area (Å²) in [5.41, 5.74) is 6.62. The Balaban J connectivity index is 1.76. The van der Waals surface area contributed by atoms with Gasteiger partial charge in [0.25, 0.3) is 5.91 Å². The Bertz CT molecular complexity index is 752. The van der Waals surface area contributed by atoms with Crippen molar-refractivity contribution in [2.75, 3.05) is 6.61 Å². The van der Waals surface area contributed by atoms with Gasteiger partial charge in [0.05, 0.1) is 10.9 Å². The van der Waals surface area contributed by atoms with E-state index in [0.717, 1.165) is 11.1 Å². The lowest BCUT2D eigenvalue weighted by Gasteiger charge is -2.10. The van der Waals surface area contributed by atoms with E-state index in [2.05, 4.69) is 26.8 Å². The summed E-state index contributed by atoms with van der Waals surface area (Å²) in [6.07, 6.45) is 0.191. The number of ether oxygens (including phenoxy) is 1. The first kappa shape index (κ1) is 18.3. The highest BCUT2D eigenvalue weighted by atomic mass is 79.9. The van der Waals surface area contributed by atoms with Gasteiger partial charge in [0.2, 0.25) is 5.91 Å². The van der Waals surface area contributed by atoms with Gasteiger partial charge >= 0.3 is 0 Å². The van der Waals surface area contributed by atoms with Crippen LogP contribution in [0.2, 0.25) is 5.02 Å². The molecule has 0 heterocycles. The molecule has 0 saturated carbocycles. The van der Waals surface area contributed by atoms with Gasteiger partial charge in [-0.25, -0.2) is 0 Å². The minimum Gasteiger partial charge on any atom is -0.483 e. The van der Waals surface area contributed by atoms with Crippen molar-refractivity contribution in [2.45, 2.75) is 13.3 Å². The molecule has 5 nitrogen and oxygen atoms in total. The van der Waals surface area contributed by atoms with Crippen molar-refractivity contribution in [1.29, 1.82) is 0 Å². The molecule has 2 N–H and O–H groups in total. The van der Waals surface area contributed by atoms with Gasteiger partial charge in [-0.1, -0.05) is 35.9 Å². The SMILES string of the molecule is Cc1ccccc1CC(=O)NNC(=O)COc1ccc(Cl)cc1Br. The first-order valence-corrected chi connectivity index (χ1v) is 8.33. The van der Waals surface area contributed by atoms with Crippen molar-refractivity contribution in [2.24, 2.45) is 0 Å². The van der Waals surface area contributed by atoms with E-state index in [1.165, 1.54) is 0 Å². The number of rotatable bonds is 5. The molecule has 0 aliphatic carbocycles. The number of hydrogen-bond donors (Lipinski definition) is 2. The first-order valence-electron chi connectivity index (χ1n) is 7.16. The molecule has 0 spiro atoms. The Morgan fingerprint density at radius 3 is 2.54 bits per heavy atom. The lowest BCUT2D eigenvalue weighted by atomic mass is 10.1. The summed E-state index contributed by atoms with van der Waals surface area (Å²) in [4.78, 5) is 23.6. The lowest BCUT2D eigenvalue weighted by molar-refractivity contribution is -0.129. The molecule has 0 aliphatic rings. The summed E-state index contributed by atoms with van der Waals surface area (Å²) in [5, 5.41) is 0.558. The average Bonchev–Trinajstić information content (AvgIpc) is 2.54. The number of carbonyl (C=O) groups is 2. The molecule has 0 saturated heterocycles. The van der Waals surface area contributed by atoms with Crippen molar-refractivity contribution in [3.63, 3.8) is 0 Å². The molecule has 0 unspecified atom stereocenters. The van der Waals surface area contributed by atoms with E-state index in [0.29, 0.717) is 15.2 Å². The lowest BCUT2D eigenvalue weighted by Crippen LogP contribution is -2.44. The number of nitrogens with one attached hydrogen (secondary N) is 2. The third kappa shape index (κ3) is 5.54. The molecule has 0 atom stereocenters. The Labute approximate surface area is 153 Å². The van der Waals surface area contributed by atoms with E-state index >= 15 is 0 Å². The number of hydrazine groups is 1. The Morgan fingerprint density at radius 1 is 1.12 bits per heavy atom. The number of hydrogen-bond acceptors (Lipinski definition) is 3. The van der Waals surface area contributed by atoms with Crippen molar-refractivity contribution in [3.8, 4) is 5.75 Å². The Kier molecular flexibility index (Phi) is 6.63. The standard InChI is InChI=1S/C17H16BrClN2O3/c1-11-4-2-3-5-12(11)8-16(22)20-21-17(23)10-24-15-7-6-13(19)9-14(15)18/h2-7,9H,8,10H2,1H3,(H,20,22)(H,21,23). The second-order valence-corrected chi connectivity index (χ2v) is 6.35. The topological polar surface area (TPSA) is 67.4 Å². The molecule has 7 heteroatoms. The van der Waals surface area contributed by atoms with Crippen LogP contribution >= 0.6 is 27.5 Å². The fraction of sp³-hybridized carbons (Fsp3) is 0.176. The first-order chi connectivity index (χ1) is 11.5. The van der Waals surface area contributed by atoms with Crippen LogP contribution in [-0.2, 0) is 16.0 Å². The monoisotopic (exact) mass is 410 g/mol. The predicted molar refractivity (Wildman–Crippen MR) is 95.8 cm³/mol. The molecule has 2 aromatic carbocycles. The average molecular weight is 412 g/mol. The summed E-state index contributed by atoms with van der Waals surface area (Å²) in [6.45, 7) is 1.70. The van der Waals surface area contributed by atoms with Crippen LogP contribution in [0.15, 0.2) is 46.9 Å². The van der Waals surface area contributed by atoms with Crippen molar-refractivity contribution in [1.82, 2.24) is 10.9 Å². The Hall–Kier alpha value is -2.05. The molecule has 2 amide bonds. The maximum absolute atomic E-state index is 11.8. The van der Waals surface area contributed by atoms with Crippen LogP contribution in [0.25, 0.3) is 0 Å². The summed E-state index contributed by atoms with van der Waals surface area (Å²) < 4.78 is 6.00. The maximum atomic E-state index is 11.8. The molecular formula is C17H16BrClN2O3. The number of aryl methyl sites for hydroxylation is 1. The fourth-order valence-corrected chi connectivity index (χ4v) is 2.73. The zero-order chi connectivity index (χ0) is 17.5. The smallest absolute Gasteiger partial charge is 0.276 e. The highest BCUT2D eigenvalue weighted by molar-refractivity contribution is 9.10. The number of amides is 2. The quantitative estimate of drug-likeness (QED) is 0.743. The molecule has 0 radical (unpaired) electrons. The van der Waals surface area contributed by atoms with Crippen LogP contribution in [0.4, 0.5) is 0 Å².